The number of alkyl halides is 2. The lowest BCUT2D eigenvalue weighted by Crippen LogP contribution is -2.12. The Labute approximate surface area is 148 Å². The Morgan fingerprint density at radius 3 is 1.81 bits per heavy atom. The summed E-state index contributed by atoms with van der Waals surface area (Å²) in [5, 5.41) is 1.90. The average Bonchev–Trinajstić information content (AvgIpc) is 2.69. The van der Waals surface area contributed by atoms with Gasteiger partial charge >= 0.3 is 11.9 Å². The van der Waals surface area contributed by atoms with Gasteiger partial charge in [-0.05, 0) is 18.1 Å². The second-order valence-corrected chi connectivity index (χ2v) is 5.65. The van der Waals surface area contributed by atoms with Crippen molar-refractivity contribution in [3.63, 3.8) is 0 Å². The van der Waals surface area contributed by atoms with Gasteiger partial charge < -0.3 is 9.47 Å². The lowest BCUT2D eigenvalue weighted by molar-refractivity contribution is -0.136. The smallest absolute Gasteiger partial charge is 0.342 e. The van der Waals surface area contributed by atoms with Crippen LogP contribution in [-0.2, 0) is 16.0 Å². The maximum atomic E-state index is 12.7. The quantitative estimate of drug-likeness (QED) is 0.388. The minimum absolute atomic E-state index is 0.181. The minimum atomic E-state index is -1.26. The highest BCUT2D eigenvalue weighted by atomic mass is 19.1. The molecule has 0 fully saturated rings. The van der Waals surface area contributed by atoms with Crippen LogP contribution in [0, 0.1) is 0 Å². The highest BCUT2D eigenvalue weighted by molar-refractivity contribution is 6.12. The van der Waals surface area contributed by atoms with Gasteiger partial charge in [0.2, 0.25) is 0 Å². The van der Waals surface area contributed by atoms with E-state index in [4.69, 9.17) is 9.47 Å². The summed E-state index contributed by atoms with van der Waals surface area (Å²) in [6.45, 7) is -0.567. The van der Waals surface area contributed by atoms with E-state index in [1.165, 1.54) is 0 Å². The first kappa shape index (κ1) is 17.8. The normalized spacial score (nSPS) is 10.9. The fourth-order valence-corrected chi connectivity index (χ4v) is 2.87. The molecule has 0 aliphatic rings. The number of carbonyl (C=O) groups excluding carboxylic acids is 2. The molecule has 0 heterocycles. The molecule has 134 valence electrons. The van der Waals surface area contributed by atoms with Crippen molar-refractivity contribution >= 4 is 33.5 Å². The first-order valence-corrected chi connectivity index (χ1v) is 8.09. The standard InChI is InChI=1S/C20H16F2O4/c1-2-12-7-8-15-16(9-12)20(26-18(24)11-22)14-6-4-3-5-13(14)19(15)25-17(23)10-21/h3-9H,2,10-11H2,1H3. The van der Waals surface area contributed by atoms with Crippen molar-refractivity contribution in [3.05, 3.63) is 48.0 Å². The van der Waals surface area contributed by atoms with Crippen LogP contribution in [0.4, 0.5) is 8.78 Å². The summed E-state index contributed by atoms with van der Waals surface area (Å²) in [5.74, 6) is -1.68. The highest BCUT2D eigenvalue weighted by Crippen LogP contribution is 2.43. The third kappa shape index (κ3) is 3.22. The maximum Gasteiger partial charge on any atom is 0.342 e. The first-order valence-electron chi connectivity index (χ1n) is 8.09. The van der Waals surface area contributed by atoms with E-state index in [9.17, 15) is 18.4 Å². The highest BCUT2D eigenvalue weighted by Gasteiger charge is 2.20. The zero-order chi connectivity index (χ0) is 18.7. The van der Waals surface area contributed by atoms with Crippen LogP contribution in [0.3, 0.4) is 0 Å². The summed E-state index contributed by atoms with van der Waals surface area (Å²) in [7, 11) is 0. The molecule has 0 radical (unpaired) electrons. The van der Waals surface area contributed by atoms with Crippen LogP contribution >= 0.6 is 0 Å². The number of halogens is 2. The molecule has 3 aromatic carbocycles. The second-order valence-electron chi connectivity index (χ2n) is 5.65. The number of carbonyl (C=O) groups is 2. The first-order chi connectivity index (χ1) is 12.6. The number of hydrogen-bond acceptors (Lipinski definition) is 4. The van der Waals surface area contributed by atoms with Crippen molar-refractivity contribution < 1.29 is 27.8 Å². The van der Waals surface area contributed by atoms with E-state index in [0.29, 0.717) is 21.5 Å². The maximum absolute atomic E-state index is 12.7. The van der Waals surface area contributed by atoms with Gasteiger partial charge in [0, 0.05) is 21.5 Å². The number of aryl methyl sites for hydroxylation is 1. The topological polar surface area (TPSA) is 52.6 Å². The van der Waals surface area contributed by atoms with Crippen molar-refractivity contribution in [2.75, 3.05) is 13.3 Å². The van der Waals surface area contributed by atoms with E-state index in [2.05, 4.69) is 0 Å². The molecular weight excluding hydrogens is 342 g/mol. The van der Waals surface area contributed by atoms with Crippen molar-refractivity contribution in [3.8, 4) is 11.5 Å². The molecule has 4 nitrogen and oxygen atoms in total. The van der Waals surface area contributed by atoms with Gasteiger partial charge in [0.15, 0.2) is 13.3 Å². The van der Waals surface area contributed by atoms with Crippen LogP contribution in [-0.4, -0.2) is 25.3 Å². The summed E-state index contributed by atoms with van der Waals surface area (Å²) in [5.41, 5.74) is 0.952. The number of ether oxygens (including phenoxy) is 2. The Morgan fingerprint density at radius 2 is 1.31 bits per heavy atom. The Bertz CT molecular complexity index is 998. The molecule has 0 unspecified atom stereocenters. The zero-order valence-electron chi connectivity index (χ0n) is 14.1. The van der Waals surface area contributed by atoms with Crippen LogP contribution < -0.4 is 9.47 Å². The molecular formula is C20H16F2O4. The summed E-state index contributed by atoms with van der Waals surface area (Å²) in [6, 6.07) is 12.1. The zero-order valence-corrected chi connectivity index (χ0v) is 14.1. The predicted octanol–water partition coefficient (Wildman–Crippen LogP) is 4.31. The van der Waals surface area contributed by atoms with E-state index in [-0.39, 0.29) is 11.5 Å². The largest absolute Gasteiger partial charge is 0.423 e. The number of fused-ring (bicyclic) bond motifs is 2. The molecule has 0 saturated heterocycles. The molecule has 0 atom stereocenters. The van der Waals surface area contributed by atoms with Crippen molar-refractivity contribution in [1.29, 1.82) is 0 Å². The SMILES string of the molecule is CCc1ccc2c(OC(=O)CF)c3ccccc3c(OC(=O)CF)c2c1. The molecule has 0 aliphatic carbocycles. The van der Waals surface area contributed by atoms with Crippen LogP contribution in [0.15, 0.2) is 42.5 Å². The fourth-order valence-electron chi connectivity index (χ4n) is 2.87. The van der Waals surface area contributed by atoms with Crippen molar-refractivity contribution in [2.45, 2.75) is 13.3 Å². The summed E-state index contributed by atoms with van der Waals surface area (Å²) < 4.78 is 35.9. The average molecular weight is 358 g/mol. The number of rotatable bonds is 5. The summed E-state index contributed by atoms with van der Waals surface area (Å²) in [6.07, 6.45) is 0.721. The Kier molecular flexibility index (Phi) is 5.11. The molecule has 0 amide bonds. The molecule has 0 aliphatic heterocycles. The monoisotopic (exact) mass is 358 g/mol. The molecule has 0 spiro atoms. The van der Waals surface area contributed by atoms with Gasteiger partial charge in [-0.15, -0.1) is 0 Å². The lowest BCUT2D eigenvalue weighted by atomic mass is 9.98. The number of benzene rings is 3. The van der Waals surface area contributed by atoms with E-state index in [0.717, 1.165) is 12.0 Å². The lowest BCUT2D eigenvalue weighted by Gasteiger charge is -2.16. The van der Waals surface area contributed by atoms with Gasteiger partial charge in [-0.1, -0.05) is 43.3 Å². The predicted molar refractivity (Wildman–Crippen MR) is 94.1 cm³/mol. The van der Waals surface area contributed by atoms with Crippen LogP contribution in [0.25, 0.3) is 21.5 Å². The van der Waals surface area contributed by atoms with E-state index in [1.807, 2.05) is 13.0 Å². The van der Waals surface area contributed by atoms with Crippen LogP contribution in [0.5, 0.6) is 11.5 Å². The van der Waals surface area contributed by atoms with Crippen molar-refractivity contribution in [1.82, 2.24) is 0 Å². The molecule has 0 N–H and O–H groups in total. The summed E-state index contributed by atoms with van der Waals surface area (Å²) in [4.78, 5) is 23.2. The number of hydrogen-bond donors (Lipinski definition) is 0. The molecule has 3 aromatic rings. The molecule has 3 rings (SSSR count). The van der Waals surface area contributed by atoms with Crippen molar-refractivity contribution in [2.24, 2.45) is 0 Å². The Hall–Kier alpha value is -3.02. The van der Waals surface area contributed by atoms with Gasteiger partial charge in [0.1, 0.15) is 11.5 Å². The fraction of sp³-hybridized carbons (Fsp3) is 0.200. The molecule has 0 aromatic heterocycles. The molecule has 0 bridgehead atoms. The Morgan fingerprint density at radius 1 is 0.808 bits per heavy atom. The van der Waals surface area contributed by atoms with E-state index in [1.54, 1.807) is 36.4 Å². The van der Waals surface area contributed by atoms with E-state index < -0.39 is 25.3 Å². The molecule has 6 heteroatoms. The summed E-state index contributed by atoms with van der Waals surface area (Å²) >= 11 is 0. The number of esters is 2. The van der Waals surface area contributed by atoms with Gasteiger partial charge in [-0.3, -0.25) is 0 Å². The molecule has 26 heavy (non-hydrogen) atoms. The van der Waals surface area contributed by atoms with Gasteiger partial charge in [0.05, 0.1) is 0 Å². The minimum Gasteiger partial charge on any atom is -0.423 e. The Balaban J connectivity index is 2.40. The van der Waals surface area contributed by atoms with Gasteiger partial charge in [0.25, 0.3) is 0 Å². The third-order valence-electron chi connectivity index (χ3n) is 4.05. The second kappa shape index (κ2) is 7.47. The molecule has 0 saturated carbocycles. The van der Waals surface area contributed by atoms with Gasteiger partial charge in [-0.2, -0.15) is 0 Å². The van der Waals surface area contributed by atoms with E-state index >= 15 is 0 Å². The van der Waals surface area contributed by atoms with Crippen LogP contribution in [0.2, 0.25) is 0 Å². The van der Waals surface area contributed by atoms with Gasteiger partial charge in [-0.25, -0.2) is 18.4 Å². The third-order valence-corrected chi connectivity index (χ3v) is 4.05. The van der Waals surface area contributed by atoms with Crippen LogP contribution in [0.1, 0.15) is 12.5 Å².